The molecule has 0 aromatic carbocycles. The van der Waals surface area contributed by atoms with Crippen molar-refractivity contribution in [2.24, 2.45) is 0 Å². The van der Waals surface area contributed by atoms with E-state index in [1.54, 1.807) is 7.11 Å². The van der Waals surface area contributed by atoms with Gasteiger partial charge in [0.25, 0.3) is 5.91 Å². The Balaban J connectivity index is 1.79. The number of carbonyl (C=O) groups excluding carboxylic acids is 1. The first-order chi connectivity index (χ1) is 10.7. The zero-order valence-electron chi connectivity index (χ0n) is 13.0. The predicted molar refractivity (Wildman–Crippen MR) is 86.2 cm³/mol. The Hall–Kier alpha value is -1.66. The number of thiophene rings is 1. The van der Waals surface area contributed by atoms with Crippen LogP contribution in [0, 0.1) is 6.92 Å². The van der Waals surface area contributed by atoms with Gasteiger partial charge in [0.1, 0.15) is 12.4 Å². The van der Waals surface area contributed by atoms with Crippen LogP contribution in [0.1, 0.15) is 40.1 Å². The summed E-state index contributed by atoms with van der Waals surface area (Å²) < 4.78 is 7.48. The number of likely N-dealkylation sites (tertiary alicyclic amines) is 1. The second kappa shape index (κ2) is 6.62. The number of nitrogens with zero attached hydrogens (tertiary/aromatic N) is 3. The summed E-state index contributed by atoms with van der Waals surface area (Å²) in [6, 6.07) is 4.11. The molecule has 0 aliphatic carbocycles. The Morgan fingerprint density at radius 3 is 3.14 bits per heavy atom. The fourth-order valence-corrected chi connectivity index (χ4v) is 3.83. The molecule has 0 bridgehead atoms. The van der Waals surface area contributed by atoms with Gasteiger partial charge in [0.15, 0.2) is 0 Å². The molecule has 1 atom stereocenters. The summed E-state index contributed by atoms with van der Waals surface area (Å²) in [7, 11) is 1.68. The average molecular weight is 319 g/mol. The molecule has 118 valence electrons. The summed E-state index contributed by atoms with van der Waals surface area (Å²) in [6.07, 6.45) is 3.97. The fourth-order valence-electron chi connectivity index (χ4n) is 3.14. The molecule has 5 nitrogen and oxygen atoms in total. The van der Waals surface area contributed by atoms with Crippen LogP contribution in [0.5, 0.6) is 0 Å². The van der Waals surface area contributed by atoms with Gasteiger partial charge in [0.05, 0.1) is 10.9 Å². The number of aryl methyl sites for hydroxylation is 1. The molecule has 3 heterocycles. The van der Waals surface area contributed by atoms with Crippen LogP contribution in [0.25, 0.3) is 0 Å². The molecule has 0 saturated carbocycles. The average Bonchev–Trinajstić information content (AvgIpc) is 3.17. The zero-order valence-corrected chi connectivity index (χ0v) is 13.8. The Kier molecular flexibility index (Phi) is 4.59. The third-order valence-corrected chi connectivity index (χ3v) is 4.97. The van der Waals surface area contributed by atoms with Gasteiger partial charge in [0, 0.05) is 32.1 Å². The van der Waals surface area contributed by atoms with E-state index >= 15 is 0 Å². The second-order valence-electron chi connectivity index (χ2n) is 5.64. The number of hydrogen-bond acceptors (Lipinski definition) is 4. The van der Waals surface area contributed by atoms with Gasteiger partial charge < -0.3 is 14.2 Å². The SMILES string of the molecule is COCc1ncc(C)n1C1CCCN(C(=O)c2cccs2)C1. The molecule has 1 aliphatic heterocycles. The number of imidazole rings is 1. The van der Waals surface area contributed by atoms with Crippen molar-refractivity contribution in [2.75, 3.05) is 20.2 Å². The number of rotatable bonds is 4. The van der Waals surface area contributed by atoms with Gasteiger partial charge >= 0.3 is 0 Å². The molecule has 2 aromatic rings. The number of methoxy groups -OCH3 is 1. The molecule has 22 heavy (non-hydrogen) atoms. The molecule has 0 spiro atoms. The van der Waals surface area contributed by atoms with Crippen LogP contribution < -0.4 is 0 Å². The van der Waals surface area contributed by atoms with Crippen molar-refractivity contribution in [3.05, 3.63) is 40.1 Å². The predicted octanol–water partition coefficient (Wildman–Crippen LogP) is 2.88. The number of ether oxygens (including phenoxy) is 1. The molecule has 0 N–H and O–H groups in total. The summed E-state index contributed by atoms with van der Waals surface area (Å²) in [5, 5.41) is 1.95. The summed E-state index contributed by atoms with van der Waals surface area (Å²) in [5.41, 5.74) is 1.13. The van der Waals surface area contributed by atoms with Crippen molar-refractivity contribution in [3.8, 4) is 0 Å². The van der Waals surface area contributed by atoms with Crippen molar-refractivity contribution in [2.45, 2.75) is 32.4 Å². The van der Waals surface area contributed by atoms with Crippen LogP contribution in [-0.2, 0) is 11.3 Å². The largest absolute Gasteiger partial charge is 0.377 e. The van der Waals surface area contributed by atoms with Crippen molar-refractivity contribution >= 4 is 17.2 Å². The van der Waals surface area contributed by atoms with Crippen molar-refractivity contribution < 1.29 is 9.53 Å². The van der Waals surface area contributed by atoms with E-state index in [4.69, 9.17) is 4.74 Å². The van der Waals surface area contributed by atoms with Crippen molar-refractivity contribution in [3.63, 3.8) is 0 Å². The van der Waals surface area contributed by atoms with Crippen LogP contribution in [-0.4, -0.2) is 40.6 Å². The first kappa shape index (κ1) is 15.2. The Labute approximate surface area is 134 Å². The van der Waals surface area contributed by atoms with Crippen LogP contribution in [0.3, 0.4) is 0 Å². The summed E-state index contributed by atoms with van der Waals surface area (Å²) >= 11 is 1.51. The van der Waals surface area contributed by atoms with Gasteiger partial charge in [-0.25, -0.2) is 4.98 Å². The highest BCUT2D eigenvalue weighted by molar-refractivity contribution is 7.12. The Bertz CT molecular complexity index is 636. The van der Waals surface area contributed by atoms with E-state index in [0.29, 0.717) is 6.61 Å². The normalized spacial score (nSPS) is 18.6. The summed E-state index contributed by atoms with van der Waals surface area (Å²) in [6.45, 7) is 4.14. The first-order valence-corrected chi connectivity index (χ1v) is 8.43. The Morgan fingerprint density at radius 1 is 1.55 bits per heavy atom. The second-order valence-corrected chi connectivity index (χ2v) is 6.59. The number of aromatic nitrogens is 2. The fraction of sp³-hybridized carbons (Fsp3) is 0.500. The van der Waals surface area contributed by atoms with Gasteiger partial charge in [-0.1, -0.05) is 6.07 Å². The molecule has 0 radical (unpaired) electrons. The van der Waals surface area contributed by atoms with Gasteiger partial charge in [0.2, 0.25) is 0 Å². The lowest BCUT2D eigenvalue weighted by atomic mass is 10.0. The topological polar surface area (TPSA) is 47.4 Å². The number of amides is 1. The van der Waals surface area contributed by atoms with Gasteiger partial charge in [-0.05, 0) is 31.2 Å². The number of piperidine rings is 1. The molecular weight excluding hydrogens is 298 g/mol. The molecule has 2 aromatic heterocycles. The highest BCUT2D eigenvalue weighted by atomic mass is 32.1. The Morgan fingerprint density at radius 2 is 2.41 bits per heavy atom. The third kappa shape index (κ3) is 2.94. The quantitative estimate of drug-likeness (QED) is 0.870. The lowest BCUT2D eigenvalue weighted by Gasteiger charge is -2.34. The zero-order chi connectivity index (χ0) is 15.5. The minimum absolute atomic E-state index is 0.144. The maximum Gasteiger partial charge on any atom is 0.263 e. The van der Waals surface area contributed by atoms with Gasteiger partial charge in [-0.3, -0.25) is 4.79 Å². The lowest BCUT2D eigenvalue weighted by Crippen LogP contribution is -2.41. The van der Waals surface area contributed by atoms with E-state index in [2.05, 4.69) is 16.5 Å². The van der Waals surface area contributed by atoms with Crippen LogP contribution in [0.4, 0.5) is 0 Å². The van der Waals surface area contributed by atoms with Gasteiger partial charge in [-0.15, -0.1) is 11.3 Å². The van der Waals surface area contributed by atoms with Crippen molar-refractivity contribution in [1.82, 2.24) is 14.5 Å². The maximum absolute atomic E-state index is 12.6. The van der Waals surface area contributed by atoms with Gasteiger partial charge in [-0.2, -0.15) is 0 Å². The van der Waals surface area contributed by atoms with Crippen LogP contribution in [0.15, 0.2) is 23.7 Å². The van der Waals surface area contributed by atoms with Crippen molar-refractivity contribution in [1.29, 1.82) is 0 Å². The lowest BCUT2D eigenvalue weighted by molar-refractivity contribution is 0.0677. The van der Waals surface area contributed by atoms with E-state index in [1.165, 1.54) is 11.3 Å². The van der Waals surface area contributed by atoms with E-state index in [1.807, 2.05) is 28.6 Å². The first-order valence-electron chi connectivity index (χ1n) is 7.55. The molecule has 1 unspecified atom stereocenters. The molecule has 1 saturated heterocycles. The minimum atomic E-state index is 0.144. The molecule has 1 amide bonds. The monoisotopic (exact) mass is 319 g/mol. The minimum Gasteiger partial charge on any atom is -0.377 e. The van der Waals surface area contributed by atoms with E-state index in [9.17, 15) is 4.79 Å². The van der Waals surface area contributed by atoms with Crippen LogP contribution in [0.2, 0.25) is 0 Å². The standard InChI is InChI=1S/C16H21N3O2S/c1-12-9-17-15(11-21-2)19(12)13-5-3-7-18(10-13)16(20)14-6-4-8-22-14/h4,6,8-9,13H,3,5,7,10-11H2,1-2H3. The third-order valence-electron chi connectivity index (χ3n) is 4.11. The highest BCUT2D eigenvalue weighted by Gasteiger charge is 2.27. The number of hydrogen-bond donors (Lipinski definition) is 0. The molecule has 1 aliphatic rings. The van der Waals surface area contributed by atoms with E-state index < -0.39 is 0 Å². The highest BCUT2D eigenvalue weighted by Crippen LogP contribution is 2.26. The molecule has 1 fully saturated rings. The van der Waals surface area contributed by atoms with E-state index in [-0.39, 0.29) is 11.9 Å². The van der Waals surface area contributed by atoms with Crippen LogP contribution >= 0.6 is 11.3 Å². The maximum atomic E-state index is 12.6. The summed E-state index contributed by atoms with van der Waals surface area (Å²) in [5.74, 6) is 1.08. The molecular formula is C16H21N3O2S. The number of carbonyl (C=O) groups is 1. The van der Waals surface area contributed by atoms with E-state index in [0.717, 1.165) is 42.3 Å². The molecule has 3 rings (SSSR count). The molecule has 6 heteroatoms. The smallest absolute Gasteiger partial charge is 0.263 e. The summed E-state index contributed by atoms with van der Waals surface area (Å²) in [4.78, 5) is 19.8.